The van der Waals surface area contributed by atoms with Gasteiger partial charge in [0, 0.05) is 24.0 Å². The lowest BCUT2D eigenvalue weighted by Gasteiger charge is -2.14. The molecule has 13 heavy (non-hydrogen) atoms. The molecule has 0 amide bonds. The van der Waals surface area contributed by atoms with Crippen molar-refractivity contribution in [3.63, 3.8) is 0 Å². The quantitative estimate of drug-likeness (QED) is 0.759. The van der Waals surface area contributed by atoms with Crippen LogP contribution in [-0.2, 0) is 6.42 Å². The van der Waals surface area contributed by atoms with E-state index in [1.807, 2.05) is 11.6 Å². The summed E-state index contributed by atoms with van der Waals surface area (Å²) in [5.41, 5.74) is 0. The molecule has 0 aliphatic carbocycles. The topological polar surface area (TPSA) is 24.9 Å². The minimum atomic E-state index is 0.661. The summed E-state index contributed by atoms with van der Waals surface area (Å²) in [5, 5.41) is 6.78. The Bertz CT molecular complexity index is 209. The number of nitrogens with zero attached hydrogens (tertiary/aromatic N) is 1. The van der Waals surface area contributed by atoms with E-state index in [9.17, 15) is 0 Å². The molecule has 1 heterocycles. The highest BCUT2D eigenvalue weighted by Crippen LogP contribution is 2.09. The Hall–Kier alpha value is -0.410. The fourth-order valence-electron chi connectivity index (χ4n) is 1.41. The first-order valence-electron chi connectivity index (χ1n) is 4.98. The molecule has 0 radical (unpaired) electrons. The van der Waals surface area contributed by atoms with E-state index in [2.05, 4.69) is 24.1 Å². The van der Waals surface area contributed by atoms with Crippen molar-refractivity contribution in [2.75, 3.05) is 6.54 Å². The molecular weight excluding hydrogens is 180 g/mol. The molecule has 0 saturated heterocycles. The average Bonchev–Trinajstić information content (AvgIpc) is 2.64. The van der Waals surface area contributed by atoms with Crippen molar-refractivity contribution in [3.8, 4) is 0 Å². The van der Waals surface area contributed by atoms with Crippen molar-refractivity contribution in [1.82, 2.24) is 10.3 Å². The van der Waals surface area contributed by atoms with Gasteiger partial charge < -0.3 is 5.32 Å². The maximum absolute atomic E-state index is 4.27. The minimum Gasteiger partial charge on any atom is -0.314 e. The fourth-order valence-corrected chi connectivity index (χ4v) is 2.05. The highest BCUT2D eigenvalue weighted by Gasteiger charge is 2.05. The zero-order chi connectivity index (χ0) is 9.52. The van der Waals surface area contributed by atoms with E-state index in [4.69, 9.17) is 0 Å². The molecule has 0 spiro atoms. The summed E-state index contributed by atoms with van der Waals surface area (Å²) in [5.74, 6) is 0. The van der Waals surface area contributed by atoms with E-state index in [1.54, 1.807) is 11.3 Å². The van der Waals surface area contributed by atoms with Crippen LogP contribution in [0.3, 0.4) is 0 Å². The van der Waals surface area contributed by atoms with Gasteiger partial charge in [-0.25, -0.2) is 4.98 Å². The molecule has 0 bridgehead atoms. The van der Waals surface area contributed by atoms with Crippen LogP contribution in [0.25, 0.3) is 0 Å². The van der Waals surface area contributed by atoms with Crippen LogP contribution in [0.2, 0.25) is 0 Å². The minimum absolute atomic E-state index is 0.661. The number of aryl methyl sites for hydroxylation is 1. The maximum Gasteiger partial charge on any atom is 0.0925 e. The van der Waals surface area contributed by atoms with Crippen molar-refractivity contribution in [2.24, 2.45) is 0 Å². The zero-order valence-electron chi connectivity index (χ0n) is 8.42. The van der Waals surface area contributed by atoms with Crippen LogP contribution in [0.5, 0.6) is 0 Å². The Labute approximate surface area is 84.4 Å². The standard InChI is InChI=1S/C10H18N2S/c1-3-9(11-4-2)5-6-10-12-7-8-13-10/h7-9,11H,3-6H2,1-2H3. The summed E-state index contributed by atoms with van der Waals surface area (Å²) in [4.78, 5) is 4.27. The lowest BCUT2D eigenvalue weighted by molar-refractivity contribution is 0.480. The molecule has 0 saturated carbocycles. The van der Waals surface area contributed by atoms with Crippen molar-refractivity contribution in [3.05, 3.63) is 16.6 Å². The first kappa shape index (κ1) is 10.7. The summed E-state index contributed by atoms with van der Waals surface area (Å²) in [7, 11) is 0. The van der Waals surface area contributed by atoms with E-state index in [0.29, 0.717) is 6.04 Å². The highest BCUT2D eigenvalue weighted by atomic mass is 32.1. The molecule has 1 unspecified atom stereocenters. The average molecular weight is 198 g/mol. The summed E-state index contributed by atoms with van der Waals surface area (Å²) in [6.45, 7) is 5.46. The van der Waals surface area contributed by atoms with Crippen molar-refractivity contribution in [2.45, 2.75) is 39.2 Å². The number of rotatable bonds is 6. The van der Waals surface area contributed by atoms with E-state index in [0.717, 1.165) is 13.0 Å². The Balaban J connectivity index is 2.23. The third-order valence-electron chi connectivity index (χ3n) is 2.18. The van der Waals surface area contributed by atoms with Crippen LogP contribution in [0.4, 0.5) is 0 Å². The predicted molar refractivity (Wildman–Crippen MR) is 58.2 cm³/mol. The molecule has 1 atom stereocenters. The van der Waals surface area contributed by atoms with Gasteiger partial charge in [-0.3, -0.25) is 0 Å². The fraction of sp³-hybridized carbons (Fsp3) is 0.700. The van der Waals surface area contributed by atoms with Gasteiger partial charge in [0.25, 0.3) is 0 Å². The number of thiazole rings is 1. The number of hydrogen-bond acceptors (Lipinski definition) is 3. The van der Waals surface area contributed by atoms with E-state index >= 15 is 0 Å². The molecule has 0 aliphatic rings. The van der Waals surface area contributed by atoms with Crippen LogP contribution in [0.15, 0.2) is 11.6 Å². The van der Waals surface area contributed by atoms with Gasteiger partial charge in [0.15, 0.2) is 0 Å². The molecule has 3 heteroatoms. The molecule has 74 valence electrons. The maximum atomic E-state index is 4.27. The Morgan fingerprint density at radius 3 is 2.92 bits per heavy atom. The molecule has 0 fully saturated rings. The van der Waals surface area contributed by atoms with Crippen LogP contribution in [0.1, 0.15) is 31.7 Å². The summed E-state index contributed by atoms with van der Waals surface area (Å²) in [6, 6.07) is 0.661. The first-order valence-corrected chi connectivity index (χ1v) is 5.86. The molecule has 1 N–H and O–H groups in total. The monoisotopic (exact) mass is 198 g/mol. The normalized spacial score (nSPS) is 13.1. The largest absolute Gasteiger partial charge is 0.314 e. The summed E-state index contributed by atoms with van der Waals surface area (Å²) in [6.07, 6.45) is 5.41. The Morgan fingerprint density at radius 2 is 2.38 bits per heavy atom. The third kappa shape index (κ3) is 3.87. The molecule has 1 aromatic rings. The van der Waals surface area contributed by atoms with Crippen molar-refractivity contribution < 1.29 is 0 Å². The Morgan fingerprint density at radius 1 is 1.54 bits per heavy atom. The first-order chi connectivity index (χ1) is 6.36. The van der Waals surface area contributed by atoms with Gasteiger partial charge in [-0.05, 0) is 19.4 Å². The molecule has 1 rings (SSSR count). The second kappa shape index (κ2) is 6.11. The van der Waals surface area contributed by atoms with Gasteiger partial charge >= 0.3 is 0 Å². The SMILES string of the molecule is CCNC(CC)CCc1nccs1. The lowest BCUT2D eigenvalue weighted by Crippen LogP contribution is -2.28. The van der Waals surface area contributed by atoms with Gasteiger partial charge in [0.1, 0.15) is 0 Å². The molecule has 1 aromatic heterocycles. The molecular formula is C10H18N2S. The second-order valence-corrected chi connectivity index (χ2v) is 4.11. The Kier molecular flexibility index (Phi) is 5.01. The number of aromatic nitrogens is 1. The van der Waals surface area contributed by atoms with Crippen LogP contribution < -0.4 is 5.32 Å². The predicted octanol–water partition coefficient (Wildman–Crippen LogP) is 2.46. The van der Waals surface area contributed by atoms with Gasteiger partial charge in [-0.1, -0.05) is 13.8 Å². The number of hydrogen-bond donors (Lipinski definition) is 1. The summed E-state index contributed by atoms with van der Waals surface area (Å²) >= 11 is 1.75. The summed E-state index contributed by atoms with van der Waals surface area (Å²) < 4.78 is 0. The van der Waals surface area contributed by atoms with Crippen molar-refractivity contribution >= 4 is 11.3 Å². The van der Waals surface area contributed by atoms with Crippen LogP contribution >= 0.6 is 11.3 Å². The second-order valence-electron chi connectivity index (χ2n) is 3.13. The van der Waals surface area contributed by atoms with Gasteiger partial charge in [0.05, 0.1) is 5.01 Å². The van der Waals surface area contributed by atoms with Gasteiger partial charge in [-0.15, -0.1) is 11.3 Å². The third-order valence-corrected chi connectivity index (χ3v) is 3.02. The van der Waals surface area contributed by atoms with Crippen LogP contribution in [0, 0.1) is 0 Å². The van der Waals surface area contributed by atoms with Crippen LogP contribution in [-0.4, -0.2) is 17.6 Å². The highest BCUT2D eigenvalue weighted by molar-refractivity contribution is 7.09. The van der Waals surface area contributed by atoms with E-state index in [1.165, 1.54) is 17.8 Å². The number of nitrogens with one attached hydrogen (secondary N) is 1. The molecule has 0 aliphatic heterocycles. The van der Waals surface area contributed by atoms with Gasteiger partial charge in [-0.2, -0.15) is 0 Å². The molecule has 0 aromatic carbocycles. The van der Waals surface area contributed by atoms with E-state index < -0.39 is 0 Å². The lowest BCUT2D eigenvalue weighted by atomic mass is 10.1. The smallest absolute Gasteiger partial charge is 0.0925 e. The van der Waals surface area contributed by atoms with Gasteiger partial charge in [0.2, 0.25) is 0 Å². The zero-order valence-corrected chi connectivity index (χ0v) is 9.23. The molecule has 2 nitrogen and oxygen atoms in total. The van der Waals surface area contributed by atoms with E-state index in [-0.39, 0.29) is 0 Å². The van der Waals surface area contributed by atoms with Crippen molar-refractivity contribution in [1.29, 1.82) is 0 Å².